The van der Waals surface area contributed by atoms with Crippen LogP contribution < -0.4 is 5.32 Å². The van der Waals surface area contributed by atoms with Crippen molar-refractivity contribution < 1.29 is 4.79 Å². The number of hydrogen-bond donors (Lipinski definition) is 1. The fourth-order valence-electron chi connectivity index (χ4n) is 2.43. The molecule has 0 aliphatic heterocycles. The average molecular weight is 395 g/mol. The van der Waals surface area contributed by atoms with Gasteiger partial charge in [0.25, 0.3) is 0 Å². The Morgan fingerprint density at radius 2 is 1.93 bits per heavy atom. The van der Waals surface area contributed by atoms with Crippen LogP contribution in [0.1, 0.15) is 11.1 Å². The largest absolute Gasteiger partial charge is 0.304 e. The molecule has 0 unspecified atom stereocenters. The molecule has 1 amide bonds. The first-order valence-corrected chi connectivity index (χ1v) is 9.60. The third-order valence-corrected chi connectivity index (χ3v) is 4.70. The van der Waals surface area contributed by atoms with Crippen LogP contribution in [0, 0.1) is 11.3 Å². The summed E-state index contributed by atoms with van der Waals surface area (Å²) in [6, 6.07) is 18.7. The zero-order chi connectivity index (χ0) is 19.2. The fourth-order valence-corrected chi connectivity index (χ4v) is 3.22. The maximum Gasteiger partial charge on any atom is 0.249 e. The maximum atomic E-state index is 12.3. The highest BCUT2D eigenvalue weighted by molar-refractivity contribution is 7.98. The maximum absolute atomic E-state index is 12.3. The number of nitrogens with zero attached hydrogens (tertiary/aromatic N) is 3. The van der Waals surface area contributed by atoms with Crippen molar-refractivity contribution >= 4 is 41.2 Å². The molecule has 27 heavy (non-hydrogen) atoms. The number of aromatic nitrogens is 2. The molecule has 0 saturated carbocycles. The van der Waals surface area contributed by atoms with Crippen LogP contribution in [-0.2, 0) is 4.79 Å². The van der Waals surface area contributed by atoms with Gasteiger partial charge in [0.1, 0.15) is 16.7 Å². The number of hydrogen-bond acceptors (Lipinski definition) is 4. The quantitative estimate of drug-likeness (QED) is 0.499. The van der Waals surface area contributed by atoms with E-state index in [0.717, 1.165) is 11.3 Å². The summed E-state index contributed by atoms with van der Waals surface area (Å²) in [6.45, 7) is 0. The van der Waals surface area contributed by atoms with Crippen LogP contribution in [0.3, 0.4) is 0 Å². The second-order valence-corrected chi connectivity index (χ2v) is 6.70. The number of anilines is 1. The van der Waals surface area contributed by atoms with Crippen molar-refractivity contribution in [1.82, 2.24) is 9.78 Å². The molecule has 0 radical (unpaired) electrons. The molecule has 2 aromatic carbocycles. The zero-order valence-corrected chi connectivity index (χ0v) is 16.0. The van der Waals surface area contributed by atoms with E-state index in [4.69, 9.17) is 11.6 Å². The van der Waals surface area contributed by atoms with Crippen LogP contribution in [0.15, 0.2) is 65.7 Å². The number of nitrogens with one attached hydrogen (secondary N) is 1. The fraction of sp³-hybridized carbons (Fsp3) is 0.0500. The van der Waals surface area contributed by atoms with Crippen molar-refractivity contribution in [2.45, 2.75) is 5.03 Å². The molecular weight excluding hydrogens is 380 g/mol. The average Bonchev–Trinajstić information content (AvgIpc) is 3.05. The minimum Gasteiger partial charge on any atom is -0.304 e. The number of thioether (sulfide) groups is 1. The first-order chi connectivity index (χ1) is 13.1. The Hall–Kier alpha value is -3.01. The summed E-state index contributed by atoms with van der Waals surface area (Å²) >= 11 is 7.25. The summed E-state index contributed by atoms with van der Waals surface area (Å²) in [6.07, 6.45) is 4.93. The van der Waals surface area contributed by atoms with Crippen LogP contribution in [0.4, 0.5) is 5.82 Å². The van der Waals surface area contributed by atoms with Gasteiger partial charge < -0.3 is 5.32 Å². The highest BCUT2D eigenvalue weighted by atomic mass is 35.5. The molecule has 7 heteroatoms. The van der Waals surface area contributed by atoms with Gasteiger partial charge in [0.2, 0.25) is 5.91 Å². The number of nitriles is 1. The molecule has 5 nitrogen and oxygen atoms in total. The standard InChI is InChI=1S/C20H15ClN4OS/c1-27-20-17(13-22)19(24-25(20)16-5-3-2-4-6-16)23-18(26)12-9-14-7-10-15(21)11-8-14/h2-12H,1H3,(H,23,24,26). The zero-order valence-electron chi connectivity index (χ0n) is 14.4. The van der Waals surface area contributed by atoms with Gasteiger partial charge >= 0.3 is 0 Å². The van der Waals surface area contributed by atoms with Crippen molar-refractivity contribution in [3.63, 3.8) is 0 Å². The Labute approximate surface area is 166 Å². The molecule has 1 heterocycles. The second kappa shape index (κ2) is 8.58. The lowest BCUT2D eigenvalue weighted by atomic mass is 10.2. The van der Waals surface area contributed by atoms with Gasteiger partial charge in [0.15, 0.2) is 5.82 Å². The SMILES string of the molecule is CSc1c(C#N)c(NC(=O)C=Cc2ccc(Cl)cc2)nn1-c1ccccc1. The van der Waals surface area contributed by atoms with E-state index >= 15 is 0 Å². The van der Waals surface area contributed by atoms with Crippen molar-refractivity contribution in [1.29, 1.82) is 5.26 Å². The number of para-hydroxylation sites is 1. The smallest absolute Gasteiger partial charge is 0.249 e. The van der Waals surface area contributed by atoms with E-state index in [9.17, 15) is 10.1 Å². The third kappa shape index (κ3) is 4.40. The van der Waals surface area contributed by atoms with E-state index in [1.807, 2.05) is 48.7 Å². The first-order valence-electron chi connectivity index (χ1n) is 7.99. The molecule has 1 aromatic heterocycles. The van der Waals surface area contributed by atoms with Gasteiger partial charge in [0.05, 0.1) is 5.69 Å². The molecular formula is C20H15ClN4OS. The lowest BCUT2D eigenvalue weighted by molar-refractivity contribution is -0.111. The summed E-state index contributed by atoms with van der Waals surface area (Å²) in [4.78, 5) is 12.3. The van der Waals surface area contributed by atoms with Crippen LogP contribution in [0.25, 0.3) is 11.8 Å². The van der Waals surface area contributed by atoms with Crippen molar-refractivity contribution in [2.24, 2.45) is 0 Å². The number of amides is 1. The Kier molecular flexibility index (Phi) is 5.97. The van der Waals surface area contributed by atoms with E-state index in [2.05, 4.69) is 16.5 Å². The highest BCUT2D eigenvalue weighted by Gasteiger charge is 2.19. The molecule has 0 spiro atoms. The van der Waals surface area contributed by atoms with Crippen LogP contribution in [-0.4, -0.2) is 21.9 Å². The first kappa shape index (κ1) is 18.8. The number of carbonyl (C=O) groups is 1. The van der Waals surface area contributed by atoms with Crippen molar-refractivity contribution in [3.05, 3.63) is 76.8 Å². The Balaban J connectivity index is 1.86. The van der Waals surface area contributed by atoms with E-state index < -0.39 is 0 Å². The lowest BCUT2D eigenvalue weighted by Gasteiger charge is -2.04. The number of carbonyl (C=O) groups excluding carboxylic acids is 1. The molecule has 3 aromatic rings. The van der Waals surface area contributed by atoms with Gasteiger partial charge in [-0.3, -0.25) is 4.79 Å². The minimum absolute atomic E-state index is 0.233. The van der Waals surface area contributed by atoms with Gasteiger partial charge in [-0.2, -0.15) is 5.26 Å². The highest BCUT2D eigenvalue weighted by Crippen LogP contribution is 2.29. The summed E-state index contributed by atoms with van der Waals surface area (Å²) in [5.41, 5.74) is 1.99. The minimum atomic E-state index is -0.369. The Morgan fingerprint density at radius 1 is 1.22 bits per heavy atom. The molecule has 0 aliphatic rings. The van der Waals surface area contributed by atoms with Gasteiger partial charge in [-0.05, 0) is 42.2 Å². The molecule has 0 saturated heterocycles. The van der Waals surface area contributed by atoms with E-state index in [1.165, 1.54) is 17.8 Å². The summed E-state index contributed by atoms with van der Waals surface area (Å²) in [7, 11) is 0. The van der Waals surface area contributed by atoms with Gasteiger partial charge in [-0.15, -0.1) is 16.9 Å². The van der Waals surface area contributed by atoms with Gasteiger partial charge in [-0.25, -0.2) is 4.68 Å². The molecule has 3 rings (SSSR count). The molecule has 0 atom stereocenters. The Bertz CT molecular complexity index is 1020. The number of halogens is 1. The summed E-state index contributed by atoms with van der Waals surface area (Å²) in [5.74, 6) is -0.136. The van der Waals surface area contributed by atoms with Gasteiger partial charge in [-0.1, -0.05) is 41.9 Å². The Morgan fingerprint density at radius 3 is 2.56 bits per heavy atom. The molecule has 0 aliphatic carbocycles. The van der Waals surface area contributed by atoms with E-state index in [0.29, 0.717) is 15.6 Å². The molecule has 134 valence electrons. The topological polar surface area (TPSA) is 70.7 Å². The summed E-state index contributed by atoms with van der Waals surface area (Å²) in [5, 5.41) is 17.9. The van der Waals surface area contributed by atoms with E-state index in [-0.39, 0.29) is 11.7 Å². The number of rotatable bonds is 5. The van der Waals surface area contributed by atoms with Crippen LogP contribution in [0.2, 0.25) is 5.02 Å². The van der Waals surface area contributed by atoms with Crippen LogP contribution >= 0.6 is 23.4 Å². The molecule has 0 fully saturated rings. The third-order valence-electron chi connectivity index (χ3n) is 3.69. The molecule has 0 bridgehead atoms. The molecule has 1 N–H and O–H groups in total. The summed E-state index contributed by atoms with van der Waals surface area (Å²) < 4.78 is 1.65. The van der Waals surface area contributed by atoms with Gasteiger partial charge in [0, 0.05) is 11.1 Å². The monoisotopic (exact) mass is 394 g/mol. The van der Waals surface area contributed by atoms with Crippen LogP contribution in [0.5, 0.6) is 0 Å². The van der Waals surface area contributed by atoms with Crippen molar-refractivity contribution in [3.8, 4) is 11.8 Å². The second-order valence-electron chi connectivity index (χ2n) is 5.47. The predicted octanol–water partition coefficient (Wildman–Crippen LogP) is 4.77. The number of benzene rings is 2. The normalized spacial score (nSPS) is 10.7. The lowest BCUT2D eigenvalue weighted by Crippen LogP contribution is -2.09. The predicted molar refractivity (Wildman–Crippen MR) is 109 cm³/mol. The van der Waals surface area contributed by atoms with Crippen molar-refractivity contribution in [2.75, 3.05) is 11.6 Å². The van der Waals surface area contributed by atoms with E-state index in [1.54, 1.807) is 22.9 Å².